The van der Waals surface area contributed by atoms with Gasteiger partial charge in [-0.15, -0.1) is 0 Å². The second-order valence-electron chi connectivity index (χ2n) is 5.11. The molecule has 0 amide bonds. The Kier molecular flexibility index (Phi) is 3.10. The maximum absolute atomic E-state index is 5.83. The summed E-state index contributed by atoms with van der Waals surface area (Å²) >= 11 is 0. The Morgan fingerprint density at radius 2 is 2.14 bits per heavy atom. The van der Waals surface area contributed by atoms with Crippen LogP contribution in [0.15, 0.2) is 0 Å². The van der Waals surface area contributed by atoms with Gasteiger partial charge in [-0.2, -0.15) is 0 Å². The molecule has 0 aromatic heterocycles. The van der Waals surface area contributed by atoms with Gasteiger partial charge >= 0.3 is 0 Å². The van der Waals surface area contributed by atoms with Crippen LogP contribution in [0.5, 0.6) is 0 Å². The summed E-state index contributed by atoms with van der Waals surface area (Å²) in [6, 6.07) is 0. The number of likely N-dealkylation sites (N-methyl/N-ethyl adjacent to an activating group) is 1. The zero-order valence-corrected chi connectivity index (χ0v) is 9.38. The van der Waals surface area contributed by atoms with Crippen LogP contribution in [0.2, 0.25) is 0 Å². The molecule has 14 heavy (non-hydrogen) atoms. The molecule has 0 aromatic carbocycles. The van der Waals surface area contributed by atoms with E-state index in [-0.39, 0.29) is 5.60 Å². The molecule has 1 N–H and O–H groups in total. The molecule has 1 heterocycles. The van der Waals surface area contributed by atoms with Gasteiger partial charge in [0.25, 0.3) is 0 Å². The molecule has 0 unspecified atom stereocenters. The quantitative estimate of drug-likeness (QED) is 0.680. The summed E-state index contributed by atoms with van der Waals surface area (Å²) in [5.74, 6) is 0.987. The third kappa shape index (κ3) is 2.94. The minimum Gasteiger partial charge on any atom is -0.371 e. The lowest BCUT2D eigenvalue weighted by Gasteiger charge is -2.39. The van der Waals surface area contributed by atoms with Gasteiger partial charge in [0.2, 0.25) is 0 Å². The van der Waals surface area contributed by atoms with Crippen LogP contribution in [-0.4, -0.2) is 50.3 Å². The molecule has 1 saturated heterocycles. The topological polar surface area (TPSA) is 24.5 Å². The molecule has 1 saturated carbocycles. The Morgan fingerprint density at radius 1 is 1.43 bits per heavy atom. The number of rotatable bonds is 6. The maximum atomic E-state index is 5.83. The van der Waals surface area contributed by atoms with Gasteiger partial charge in [-0.05, 0) is 32.7 Å². The molecule has 2 aliphatic rings. The van der Waals surface area contributed by atoms with Gasteiger partial charge in [0.15, 0.2) is 0 Å². The van der Waals surface area contributed by atoms with Gasteiger partial charge in [0.1, 0.15) is 0 Å². The summed E-state index contributed by atoms with van der Waals surface area (Å²) in [5, 5.41) is 3.24. The molecule has 2 rings (SSSR count). The molecule has 3 heteroatoms. The lowest BCUT2D eigenvalue weighted by Crippen LogP contribution is -2.59. The summed E-state index contributed by atoms with van der Waals surface area (Å²) in [6.07, 6.45) is 2.87. The van der Waals surface area contributed by atoms with E-state index in [1.165, 1.54) is 19.4 Å². The number of nitrogens with one attached hydrogen (secondary N) is 1. The van der Waals surface area contributed by atoms with Crippen LogP contribution in [0.1, 0.15) is 19.8 Å². The summed E-state index contributed by atoms with van der Waals surface area (Å²) in [4.78, 5) is 2.40. The number of ether oxygens (including phenoxy) is 1. The average Bonchev–Trinajstić information content (AvgIpc) is 2.85. The van der Waals surface area contributed by atoms with Crippen molar-refractivity contribution < 1.29 is 4.74 Å². The van der Waals surface area contributed by atoms with Crippen LogP contribution in [0.4, 0.5) is 0 Å². The summed E-state index contributed by atoms with van der Waals surface area (Å²) < 4.78 is 5.83. The van der Waals surface area contributed by atoms with Crippen molar-refractivity contribution in [3.63, 3.8) is 0 Å². The first kappa shape index (κ1) is 10.4. The third-order valence-electron chi connectivity index (χ3n) is 3.19. The van der Waals surface area contributed by atoms with Crippen molar-refractivity contribution >= 4 is 0 Å². The Labute approximate surface area is 86.8 Å². The fourth-order valence-corrected chi connectivity index (χ4v) is 1.86. The van der Waals surface area contributed by atoms with Crippen LogP contribution >= 0.6 is 0 Å². The van der Waals surface area contributed by atoms with Gasteiger partial charge < -0.3 is 15.0 Å². The van der Waals surface area contributed by atoms with Crippen LogP contribution in [-0.2, 0) is 4.74 Å². The lowest BCUT2D eigenvalue weighted by atomic mass is 10.0. The van der Waals surface area contributed by atoms with E-state index >= 15 is 0 Å². The molecule has 0 spiro atoms. The van der Waals surface area contributed by atoms with Crippen molar-refractivity contribution in [2.75, 3.05) is 39.8 Å². The van der Waals surface area contributed by atoms with E-state index in [0.29, 0.717) is 0 Å². The molecule has 82 valence electrons. The van der Waals surface area contributed by atoms with Crippen molar-refractivity contribution in [1.82, 2.24) is 10.2 Å². The van der Waals surface area contributed by atoms with Gasteiger partial charge in [-0.25, -0.2) is 0 Å². The smallest absolute Gasteiger partial charge is 0.0902 e. The van der Waals surface area contributed by atoms with Crippen LogP contribution in [0.25, 0.3) is 0 Å². The molecular formula is C11H22N2O. The van der Waals surface area contributed by atoms with Gasteiger partial charge in [0, 0.05) is 26.2 Å². The molecule has 0 bridgehead atoms. The van der Waals surface area contributed by atoms with Crippen LogP contribution in [0, 0.1) is 5.92 Å². The van der Waals surface area contributed by atoms with E-state index in [0.717, 1.165) is 32.2 Å². The van der Waals surface area contributed by atoms with E-state index in [1.54, 1.807) is 0 Å². The molecular weight excluding hydrogens is 176 g/mol. The molecule has 0 aromatic rings. The molecule has 3 nitrogen and oxygen atoms in total. The van der Waals surface area contributed by atoms with Crippen LogP contribution < -0.4 is 5.32 Å². The average molecular weight is 198 g/mol. The third-order valence-corrected chi connectivity index (χ3v) is 3.19. The normalized spacial score (nSPS) is 25.1. The zero-order chi connectivity index (χ0) is 10.0. The fourth-order valence-electron chi connectivity index (χ4n) is 1.86. The van der Waals surface area contributed by atoms with Crippen molar-refractivity contribution in [3.05, 3.63) is 0 Å². The van der Waals surface area contributed by atoms with E-state index in [2.05, 4.69) is 24.2 Å². The second-order valence-corrected chi connectivity index (χ2v) is 5.11. The number of hydrogen-bond donors (Lipinski definition) is 1. The lowest BCUT2D eigenvalue weighted by molar-refractivity contribution is -0.0710. The summed E-state index contributed by atoms with van der Waals surface area (Å²) in [7, 11) is 2.20. The Morgan fingerprint density at radius 3 is 2.64 bits per heavy atom. The monoisotopic (exact) mass is 198 g/mol. The highest BCUT2D eigenvalue weighted by molar-refractivity contribution is 4.90. The highest BCUT2D eigenvalue weighted by atomic mass is 16.5. The van der Waals surface area contributed by atoms with E-state index < -0.39 is 0 Å². The molecule has 2 fully saturated rings. The molecule has 0 atom stereocenters. The molecule has 1 aliphatic carbocycles. The summed E-state index contributed by atoms with van der Waals surface area (Å²) in [6.45, 7) is 7.43. The minimum atomic E-state index is 0.125. The van der Waals surface area contributed by atoms with Crippen molar-refractivity contribution in [2.24, 2.45) is 5.92 Å². The Balaban J connectivity index is 1.52. The van der Waals surface area contributed by atoms with Gasteiger partial charge in [-0.1, -0.05) is 0 Å². The standard InChI is InChI=1S/C11H22N2O/c1-11(8-12-9-11)14-6-5-13(2)7-10-3-4-10/h10,12H,3-9H2,1-2H3. The fraction of sp³-hybridized carbons (Fsp3) is 1.00. The number of nitrogens with zero attached hydrogens (tertiary/aromatic N) is 1. The van der Waals surface area contributed by atoms with Crippen molar-refractivity contribution in [3.8, 4) is 0 Å². The molecule has 0 radical (unpaired) electrons. The summed E-state index contributed by atoms with van der Waals surface area (Å²) in [5.41, 5.74) is 0.125. The first-order valence-corrected chi connectivity index (χ1v) is 5.71. The maximum Gasteiger partial charge on any atom is 0.0902 e. The Hall–Kier alpha value is -0.120. The largest absolute Gasteiger partial charge is 0.371 e. The second kappa shape index (κ2) is 4.17. The molecule has 1 aliphatic heterocycles. The van der Waals surface area contributed by atoms with Gasteiger partial charge in [-0.3, -0.25) is 0 Å². The minimum absolute atomic E-state index is 0.125. The predicted molar refractivity (Wildman–Crippen MR) is 57.4 cm³/mol. The predicted octanol–water partition coefficient (Wildman–Crippen LogP) is 0.707. The zero-order valence-electron chi connectivity index (χ0n) is 9.38. The van der Waals surface area contributed by atoms with Crippen molar-refractivity contribution in [1.29, 1.82) is 0 Å². The number of hydrogen-bond acceptors (Lipinski definition) is 3. The van der Waals surface area contributed by atoms with Crippen LogP contribution in [0.3, 0.4) is 0 Å². The van der Waals surface area contributed by atoms with Crippen molar-refractivity contribution in [2.45, 2.75) is 25.4 Å². The SMILES string of the molecule is CN(CCOC1(C)CNC1)CC1CC1. The Bertz CT molecular complexity index is 188. The van der Waals surface area contributed by atoms with E-state index in [4.69, 9.17) is 4.74 Å². The first-order chi connectivity index (χ1) is 6.68. The highest BCUT2D eigenvalue weighted by Gasteiger charge is 2.32. The highest BCUT2D eigenvalue weighted by Crippen LogP contribution is 2.29. The van der Waals surface area contributed by atoms with E-state index in [9.17, 15) is 0 Å². The van der Waals surface area contributed by atoms with Gasteiger partial charge in [0.05, 0.1) is 12.2 Å². The first-order valence-electron chi connectivity index (χ1n) is 5.71. The van der Waals surface area contributed by atoms with E-state index in [1.807, 2.05) is 0 Å².